The first-order valence-electron chi connectivity index (χ1n) is 6.07. The highest BCUT2D eigenvalue weighted by atomic mass is 15.0. The molecule has 0 radical (unpaired) electrons. The lowest BCUT2D eigenvalue weighted by Crippen LogP contribution is -2.24. The van der Waals surface area contributed by atoms with Crippen molar-refractivity contribution in [3.05, 3.63) is 24.0 Å². The van der Waals surface area contributed by atoms with Crippen molar-refractivity contribution >= 4 is 0 Å². The molecule has 2 heteroatoms. The van der Waals surface area contributed by atoms with Gasteiger partial charge in [-0.3, -0.25) is 0 Å². The van der Waals surface area contributed by atoms with Crippen LogP contribution in [0.1, 0.15) is 38.3 Å². The van der Waals surface area contributed by atoms with Gasteiger partial charge in [0.15, 0.2) is 0 Å². The van der Waals surface area contributed by atoms with Crippen molar-refractivity contribution in [2.45, 2.75) is 39.2 Å². The van der Waals surface area contributed by atoms with Gasteiger partial charge in [0.1, 0.15) is 0 Å². The van der Waals surface area contributed by atoms with Gasteiger partial charge in [-0.15, -0.1) is 0 Å². The Bertz CT molecular complexity index is 310. The number of aryl methyl sites for hydroxylation is 1. The molecule has 1 aliphatic rings. The maximum atomic E-state index is 3.60. The molecule has 1 fully saturated rings. The van der Waals surface area contributed by atoms with Crippen molar-refractivity contribution in [3.63, 3.8) is 0 Å². The van der Waals surface area contributed by atoms with E-state index in [0.29, 0.717) is 5.41 Å². The summed E-state index contributed by atoms with van der Waals surface area (Å²) in [5.41, 5.74) is 2.04. The summed E-state index contributed by atoms with van der Waals surface area (Å²) < 4.78 is 2.19. The van der Waals surface area contributed by atoms with Gasteiger partial charge in [-0.05, 0) is 36.8 Å². The van der Waals surface area contributed by atoms with E-state index in [1.165, 1.54) is 37.9 Å². The van der Waals surface area contributed by atoms with Gasteiger partial charge in [0, 0.05) is 32.0 Å². The first kappa shape index (κ1) is 10.7. The lowest BCUT2D eigenvalue weighted by Gasteiger charge is -2.15. The van der Waals surface area contributed by atoms with Crippen LogP contribution in [0, 0.1) is 5.41 Å². The molecule has 0 unspecified atom stereocenters. The molecular formula is C13H22N2. The van der Waals surface area contributed by atoms with Crippen LogP contribution in [-0.2, 0) is 13.6 Å². The normalized spacial score (nSPS) is 18.0. The van der Waals surface area contributed by atoms with E-state index in [2.05, 4.69) is 42.2 Å². The molecule has 0 aliphatic heterocycles. The Morgan fingerprint density at radius 2 is 2.27 bits per heavy atom. The molecule has 0 aromatic carbocycles. The highest BCUT2D eigenvalue weighted by molar-refractivity contribution is 5.06. The van der Waals surface area contributed by atoms with Crippen LogP contribution < -0.4 is 5.32 Å². The zero-order valence-electron chi connectivity index (χ0n) is 9.92. The zero-order valence-corrected chi connectivity index (χ0v) is 9.92. The molecule has 2 rings (SSSR count). The van der Waals surface area contributed by atoms with Crippen LogP contribution in [0.5, 0.6) is 0 Å². The van der Waals surface area contributed by atoms with Gasteiger partial charge in [-0.1, -0.05) is 13.3 Å². The summed E-state index contributed by atoms with van der Waals surface area (Å²) in [6, 6.07) is 4.29. The molecule has 0 atom stereocenters. The third-order valence-corrected chi connectivity index (χ3v) is 3.59. The smallest absolute Gasteiger partial charge is 0.0359 e. The number of hydrogen-bond donors (Lipinski definition) is 1. The summed E-state index contributed by atoms with van der Waals surface area (Å²) in [6.45, 7) is 4.50. The minimum absolute atomic E-state index is 0.667. The predicted octanol–water partition coefficient (Wildman–Crippen LogP) is 2.70. The summed E-state index contributed by atoms with van der Waals surface area (Å²) >= 11 is 0. The van der Waals surface area contributed by atoms with E-state index in [1.807, 2.05) is 0 Å². The quantitative estimate of drug-likeness (QED) is 0.757. The van der Waals surface area contributed by atoms with E-state index < -0.39 is 0 Å². The summed E-state index contributed by atoms with van der Waals surface area (Å²) in [6.07, 6.45) is 7.69. The fraction of sp³-hybridized carbons (Fsp3) is 0.692. The van der Waals surface area contributed by atoms with Crippen LogP contribution in [0.3, 0.4) is 0 Å². The lowest BCUT2D eigenvalue weighted by atomic mass is 10.0. The fourth-order valence-electron chi connectivity index (χ4n) is 2.36. The molecule has 1 aromatic heterocycles. The monoisotopic (exact) mass is 206 g/mol. The van der Waals surface area contributed by atoms with Gasteiger partial charge in [0.2, 0.25) is 0 Å². The second-order valence-corrected chi connectivity index (χ2v) is 4.96. The molecule has 1 aliphatic carbocycles. The molecule has 84 valence electrons. The van der Waals surface area contributed by atoms with Gasteiger partial charge in [-0.2, -0.15) is 0 Å². The van der Waals surface area contributed by atoms with E-state index >= 15 is 0 Å². The van der Waals surface area contributed by atoms with Crippen LogP contribution in [0.2, 0.25) is 0 Å². The maximum Gasteiger partial charge on any atom is 0.0359 e. The molecule has 15 heavy (non-hydrogen) atoms. The van der Waals surface area contributed by atoms with Gasteiger partial charge >= 0.3 is 0 Å². The topological polar surface area (TPSA) is 17.0 Å². The summed E-state index contributed by atoms with van der Waals surface area (Å²) in [5, 5.41) is 3.60. The SMILES string of the molecule is CCCC1(CNCc2cccn2C)CC1. The molecule has 1 N–H and O–H groups in total. The van der Waals surface area contributed by atoms with Crippen LogP contribution in [0.4, 0.5) is 0 Å². The lowest BCUT2D eigenvalue weighted by molar-refractivity contribution is 0.418. The minimum Gasteiger partial charge on any atom is -0.353 e. The van der Waals surface area contributed by atoms with Crippen LogP contribution in [0.25, 0.3) is 0 Å². The van der Waals surface area contributed by atoms with Crippen molar-refractivity contribution in [1.29, 1.82) is 0 Å². The van der Waals surface area contributed by atoms with Crippen molar-refractivity contribution < 1.29 is 0 Å². The molecule has 0 bridgehead atoms. The summed E-state index contributed by atoms with van der Waals surface area (Å²) in [7, 11) is 2.11. The van der Waals surface area contributed by atoms with Crippen LogP contribution in [0.15, 0.2) is 18.3 Å². The van der Waals surface area contributed by atoms with E-state index in [-0.39, 0.29) is 0 Å². The van der Waals surface area contributed by atoms with Crippen molar-refractivity contribution in [2.24, 2.45) is 12.5 Å². The molecule has 2 nitrogen and oxygen atoms in total. The standard InChI is InChI=1S/C13H22N2/c1-3-6-13(7-8-13)11-14-10-12-5-4-9-15(12)2/h4-5,9,14H,3,6-8,10-11H2,1-2H3. The molecule has 0 amide bonds. The number of aromatic nitrogens is 1. The highest BCUT2D eigenvalue weighted by Gasteiger charge is 2.40. The second kappa shape index (κ2) is 4.40. The Balaban J connectivity index is 1.73. The Morgan fingerprint density at radius 1 is 1.47 bits per heavy atom. The Labute approximate surface area is 92.7 Å². The largest absolute Gasteiger partial charge is 0.353 e. The van der Waals surface area contributed by atoms with Gasteiger partial charge in [0.05, 0.1) is 0 Å². The first-order valence-corrected chi connectivity index (χ1v) is 6.07. The van der Waals surface area contributed by atoms with E-state index in [4.69, 9.17) is 0 Å². The van der Waals surface area contributed by atoms with Crippen molar-refractivity contribution in [1.82, 2.24) is 9.88 Å². The minimum atomic E-state index is 0.667. The number of hydrogen-bond acceptors (Lipinski definition) is 1. The highest BCUT2D eigenvalue weighted by Crippen LogP contribution is 2.48. The third kappa shape index (κ3) is 2.63. The van der Waals surface area contributed by atoms with Gasteiger partial charge in [-0.25, -0.2) is 0 Å². The summed E-state index contributed by atoms with van der Waals surface area (Å²) in [5.74, 6) is 0. The average molecular weight is 206 g/mol. The van der Waals surface area contributed by atoms with E-state index in [9.17, 15) is 0 Å². The molecule has 1 aromatic rings. The molecule has 1 saturated carbocycles. The molecule has 0 saturated heterocycles. The molecular weight excluding hydrogens is 184 g/mol. The third-order valence-electron chi connectivity index (χ3n) is 3.59. The van der Waals surface area contributed by atoms with Gasteiger partial charge < -0.3 is 9.88 Å². The van der Waals surface area contributed by atoms with E-state index in [0.717, 1.165) is 6.54 Å². The number of nitrogens with zero attached hydrogens (tertiary/aromatic N) is 1. The fourth-order valence-corrected chi connectivity index (χ4v) is 2.36. The first-order chi connectivity index (χ1) is 7.26. The van der Waals surface area contributed by atoms with E-state index in [1.54, 1.807) is 0 Å². The number of rotatable bonds is 6. The molecule has 0 spiro atoms. The molecule has 1 heterocycles. The average Bonchev–Trinajstić information content (AvgIpc) is 2.85. The Morgan fingerprint density at radius 3 is 2.80 bits per heavy atom. The van der Waals surface area contributed by atoms with Crippen molar-refractivity contribution in [3.8, 4) is 0 Å². The Hall–Kier alpha value is -0.760. The Kier molecular flexibility index (Phi) is 3.15. The zero-order chi connectivity index (χ0) is 10.7. The predicted molar refractivity (Wildman–Crippen MR) is 63.7 cm³/mol. The van der Waals surface area contributed by atoms with Crippen LogP contribution >= 0.6 is 0 Å². The number of nitrogens with one attached hydrogen (secondary N) is 1. The van der Waals surface area contributed by atoms with Gasteiger partial charge in [0.25, 0.3) is 0 Å². The second-order valence-electron chi connectivity index (χ2n) is 4.96. The van der Waals surface area contributed by atoms with Crippen LogP contribution in [-0.4, -0.2) is 11.1 Å². The van der Waals surface area contributed by atoms with Crippen molar-refractivity contribution in [2.75, 3.05) is 6.54 Å². The summed E-state index contributed by atoms with van der Waals surface area (Å²) in [4.78, 5) is 0. The maximum absolute atomic E-state index is 3.60.